The molecular weight excluding hydrogens is 192 g/mol. The van der Waals surface area contributed by atoms with Gasteiger partial charge in [0.1, 0.15) is 0 Å². The van der Waals surface area contributed by atoms with Crippen molar-refractivity contribution in [2.75, 3.05) is 5.73 Å². The molecule has 0 aliphatic carbocycles. The van der Waals surface area contributed by atoms with Crippen molar-refractivity contribution in [3.8, 4) is 11.3 Å². The number of oxazole rings is 1. The molecule has 2 aromatic rings. The number of hydrogen-bond acceptors (Lipinski definition) is 4. The zero-order valence-corrected chi connectivity index (χ0v) is 9.03. The number of anilines is 1. The molecule has 0 spiro atoms. The minimum Gasteiger partial charge on any atom is -0.424 e. The Bertz CT molecular complexity index is 464. The predicted octanol–water partition coefficient (Wildman–Crippen LogP) is 1.94. The minimum absolute atomic E-state index is 0.0205. The van der Waals surface area contributed by atoms with Crippen molar-refractivity contribution >= 4 is 6.01 Å². The summed E-state index contributed by atoms with van der Waals surface area (Å²) in [5, 5.41) is 7.00. The lowest BCUT2D eigenvalue weighted by Gasteiger charge is -2.17. The molecule has 0 saturated carbocycles. The van der Waals surface area contributed by atoms with E-state index >= 15 is 0 Å². The lowest BCUT2D eigenvalue weighted by molar-refractivity contribution is 0.558. The van der Waals surface area contributed by atoms with Crippen LogP contribution in [0.2, 0.25) is 0 Å². The molecule has 0 aliphatic rings. The number of H-pyrrole nitrogens is 1. The van der Waals surface area contributed by atoms with E-state index in [0.717, 1.165) is 11.3 Å². The molecule has 0 amide bonds. The van der Waals surface area contributed by atoms with Crippen LogP contribution in [0.1, 0.15) is 26.5 Å². The monoisotopic (exact) mass is 206 g/mol. The van der Waals surface area contributed by atoms with Gasteiger partial charge in [-0.25, -0.2) is 4.98 Å². The lowest BCUT2D eigenvalue weighted by Crippen LogP contribution is -2.12. The van der Waals surface area contributed by atoms with Gasteiger partial charge in [-0.2, -0.15) is 5.10 Å². The van der Waals surface area contributed by atoms with Gasteiger partial charge in [-0.1, -0.05) is 20.8 Å². The number of nitrogens with zero attached hydrogens (tertiary/aromatic N) is 2. The van der Waals surface area contributed by atoms with E-state index in [4.69, 9.17) is 10.2 Å². The molecule has 0 unspecified atom stereocenters. The smallest absolute Gasteiger partial charge is 0.292 e. The van der Waals surface area contributed by atoms with Gasteiger partial charge < -0.3 is 10.2 Å². The third-order valence-electron chi connectivity index (χ3n) is 2.18. The molecule has 3 N–H and O–H groups in total. The van der Waals surface area contributed by atoms with Crippen molar-refractivity contribution in [1.29, 1.82) is 0 Å². The Balaban J connectivity index is 2.50. The molecule has 80 valence electrons. The molecule has 5 heteroatoms. The Morgan fingerprint density at radius 2 is 2.07 bits per heavy atom. The molecule has 0 atom stereocenters. The maximum Gasteiger partial charge on any atom is 0.292 e. The van der Waals surface area contributed by atoms with E-state index in [1.807, 2.05) is 0 Å². The summed E-state index contributed by atoms with van der Waals surface area (Å²) in [6.45, 7) is 6.30. The molecular formula is C10H14N4O. The molecule has 15 heavy (non-hydrogen) atoms. The van der Waals surface area contributed by atoms with Crippen LogP contribution >= 0.6 is 0 Å². The second kappa shape index (κ2) is 3.12. The minimum atomic E-state index is -0.0205. The summed E-state index contributed by atoms with van der Waals surface area (Å²) in [6.07, 6.45) is 3.33. The zero-order chi connectivity index (χ0) is 11.1. The Morgan fingerprint density at radius 1 is 1.33 bits per heavy atom. The van der Waals surface area contributed by atoms with Crippen LogP contribution in [-0.4, -0.2) is 15.2 Å². The van der Waals surface area contributed by atoms with Gasteiger partial charge >= 0.3 is 0 Å². The fourth-order valence-corrected chi connectivity index (χ4v) is 1.46. The van der Waals surface area contributed by atoms with Gasteiger partial charge in [-0.15, -0.1) is 0 Å². The number of aromatic nitrogens is 3. The largest absolute Gasteiger partial charge is 0.424 e. The number of nitrogens with one attached hydrogen (secondary N) is 1. The molecule has 2 heterocycles. The average Bonchev–Trinajstić information content (AvgIpc) is 2.68. The van der Waals surface area contributed by atoms with Crippen molar-refractivity contribution in [1.82, 2.24) is 15.2 Å². The zero-order valence-electron chi connectivity index (χ0n) is 9.03. The topological polar surface area (TPSA) is 80.7 Å². The van der Waals surface area contributed by atoms with E-state index in [9.17, 15) is 0 Å². The quantitative estimate of drug-likeness (QED) is 0.747. The van der Waals surface area contributed by atoms with Gasteiger partial charge in [-0.05, 0) is 0 Å². The molecule has 2 rings (SSSR count). The van der Waals surface area contributed by atoms with Gasteiger partial charge in [0.05, 0.1) is 23.7 Å². The van der Waals surface area contributed by atoms with Crippen molar-refractivity contribution in [3.05, 3.63) is 18.1 Å². The normalized spacial score (nSPS) is 11.9. The van der Waals surface area contributed by atoms with Gasteiger partial charge in [-0.3, -0.25) is 5.10 Å². The van der Waals surface area contributed by atoms with E-state index in [1.54, 1.807) is 12.4 Å². The van der Waals surface area contributed by atoms with Crippen LogP contribution in [-0.2, 0) is 5.41 Å². The Labute approximate surface area is 87.7 Å². The van der Waals surface area contributed by atoms with Crippen molar-refractivity contribution < 1.29 is 4.42 Å². The highest BCUT2D eigenvalue weighted by molar-refractivity contribution is 5.60. The summed E-state index contributed by atoms with van der Waals surface area (Å²) in [5.74, 6) is 0.645. The van der Waals surface area contributed by atoms with E-state index in [1.165, 1.54) is 0 Å². The van der Waals surface area contributed by atoms with Crippen LogP contribution in [0.3, 0.4) is 0 Å². The second-order valence-corrected chi connectivity index (χ2v) is 4.47. The molecule has 0 radical (unpaired) electrons. The third-order valence-corrected chi connectivity index (χ3v) is 2.18. The number of rotatable bonds is 1. The van der Waals surface area contributed by atoms with E-state index in [-0.39, 0.29) is 11.4 Å². The predicted molar refractivity (Wildman–Crippen MR) is 57.2 cm³/mol. The molecule has 0 aliphatic heterocycles. The number of aromatic amines is 1. The first-order valence-electron chi connectivity index (χ1n) is 4.74. The SMILES string of the molecule is CC(C)(C)c1[nH]ncc1-c1cnc(N)o1. The fraction of sp³-hybridized carbons (Fsp3) is 0.400. The van der Waals surface area contributed by atoms with E-state index in [2.05, 4.69) is 36.0 Å². The summed E-state index contributed by atoms with van der Waals surface area (Å²) >= 11 is 0. The van der Waals surface area contributed by atoms with Crippen molar-refractivity contribution in [2.45, 2.75) is 26.2 Å². The van der Waals surface area contributed by atoms with Crippen LogP contribution < -0.4 is 5.73 Å². The highest BCUT2D eigenvalue weighted by Crippen LogP contribution is 2.31. The fourth-order valence-electron chi connectivity index (χ4n) is 1.46. The molecule has 0 bridgehead atoms. The first-order chi connectivity index (χ1) is 6.98. The first kappa shape index (κ1) is 9.76. The maximum absolute atomic E-state index is 5.44. The molecule has 0 aromatic carbocycles. The van der Waals surface area contributed by atoms with Gasteiger partial charge in [0, 0.05) is 5.41 Å². The van der Waals surface area contributed by atoms with Gasteiger partial charge in [0.25, 0.3) is 6.01 Å². The number of hydrogen-bond donors (Lipinski definition) is 2. The van der Waals surface area contributed by atoms with Crippen molar-refractivity contribution in [3.63, 3.8) is 0 Å². The maximum atomic E-state index is 5.44. The third kappa shape index (κ3) is 1.72. The Hall–Kier alpha value is -1.78. The standard InChI is InChI=1S/C10H14N4O/c1-10(2,3)8-6(4-13-14-8)7-5-12-9(11)15-7/h4-5H,1-3H3,(H2,11,12)(H,13,14). The molecule has 0 fully saturated rings. The highest BCUT2D eigenvalue weighted by atomic mass is 16.4. The summed E-state index contributed by atoms with van der Waals surface area (Å²) in [6, 6.07) is 0.172. The van der Waals surface area contributed by atoms with Crippen LogP contribution in [0.25, 0.3) is 11.3 Å². The van der Waals surface area contributed by atoms with Crippen LogP contribution in [0.15, 0.2) is 16.8 Å². The highest BCUT2D eigenvalue weighted by Gasteiger charge is 2.22. The van der Waals surface area contributed by atoms with E-state index < -0.39 is 0 Å². The number of nitrogen functional groups attached to an aromatic ring is 1. The van der Waals surface area contributed by atoms with Gasteiger partial charge in [0.2, 0.25) is 0 Å². The van der Waals surface area contributed by atoms with E-state index in [0.29, 0.717) is 5.76 Å². The summed E-state index contributed by atoms with van der Waals surface area (Å²) in [4.78, 5) is 3.87. The average molecular weight is 206 g/mol. The first-order valence-corrected chi connectivity index (χ1v) is 4.74. The Morgan fingerprint density at radius 3 is 2.60 bits per heavy atom. The van der Waals surface area contributed by atoms with Crippen LogP contribution in [0, 0.1) is 0 Å². The lowest BCUT2D eigenvalue weighted by atomic mass is 9.89. The number of nitrogens with two attached hydrogens (primary N) is 1. The summed E-state index contributed by atoms with van der Waals surface area (Å²) in [5.41, 5.74) is 7.34. The summed E-state index contributed by atoms with van der Waals surface area (Å²) < 4.78 is 5.27. The van der Waals surface area contributed by atoms with Gasteiger partial charge in [0.15, 0.2) is 5.76 Å². The molecule has 2 aromatic heterocycles. The van der Waals surface area contributed by atoms with Crippen molar-refractivity contribution in [2.24, 2.45) is 0 Å². The summed E-state index contributed by atoms with van der Waals surface area (Å²) in [7, 11) is 0. The Kier molecular flexibility index (Phi) is 2.03. The second-order valence-electron chi connectivity index (χ2n) is 4.47. The molecule has 5 nitrogen and oxygen atoms in total. The van der Waals surface area contributed by atoms with Crippen LogP contribution in [0.4, 0.5) is 6.01 Å². The molecule has 0 saturated heterocycles. The van der Waals surface area contributed by atoms with Crippen LogP contribution in [0.5, 0.6) is 0 Å².